The van der Waals surface area contributed by atoms with Crippen molar-refractivity contribution in [1.29, 1.82) is 0 Å². The van der Waals surface area contributed by atoms with E-state index in [1.807, 2.05) is 43.3 Å². The maximum atomic E-state index is 5.90. The van der Waals surface area contributed by atoms with Crippen LogP contribution in [-0.2, 0) is 11.3 Å². The molecule has 0 saturated carbocycles. The van der Waals surface area contributed by atoms with Gasteiger partial charge in [-0.1, -0.05) is 43.3 Å². The van der Waals surface area contributed by atoms with Crippen molar-refractivity contribution in [2.24, 2.45) is 11.7 Å². The molecular weight excluding hydrogens is 186 g/mol. The first-order valence-electron chi connectivity index (χ1n) is 5.24. The molecule has 2 N–H and O–H groups in total. The molecule has 0 saturated heterocycles. The zero-order chi connectivity index (χ0) is 11.1. The molecule has 1 aromatic carbocycles. The van der Waals surface area contributed by atoms with Gasteiger partial charge in [0.25, 0.3) is 0 Å². The average molecular weight is 205 g/mol. The molecule has 0 unspecified atom stereocenters. The van der Waals surface area contributed by atoms with Gasteiger partial charge in [-0.15, -0.1) is 6.58 Å². The van der Waals surface area contributed by atoms with E-state index in [-0.39, 0.29) is 6.04 Å². The van der Waals surface area contributed by atoms with Gasteiger partial charge in [-0.05, 0) is 11.5 Å². The summed E-state index contributed by atoms with van der Waals surface area (Å²) in [4.78, 5) is 0. The molecule has 1 aromatic rings. The van der Waals surface area contributed by atoms with Gasteiger partial charge >= 0.3 is 0 Å². The van der Waals surface area contributed by atoms with Crippen LogP contribution in [0.1, 0.15) is 12.5 Å². The van der Waals surface area contributed by atoms with Gasteiger partial charge in [0.2, 0.25) is 0 Å². The summed E-state index contributed by atoms with van der Waals surface area (Å²) in [5.41, 5.74) is 7.07. The molecule has 0 heterocycles. The smallest absolute Gasteiger partial charge is 0.0717 e. The standard InChI is InChI=1S/C13H19NO/c1-3-11(2)13(14)10-15-9-12-7-5-4-6-8-12/h3-8,11,13H,1,9-10,14H2,2H3/t11-,13+/m0/s1. The summed E-state index contributed by atoms with van der Waals surface area (Å²) in [5.74, 6) is 0.292. The van der Waals surface area contributed by atoms with Gasteiger partial charge in [-0.3, -0.25) is 0 Å². The summed E-state index contributed by atoms with van der Waals surface area (Å²) in [7, 11) is 0. The number of nitrogens with two attached hydrogens (primary N) is 1. The van der Waals surface area contributed by atoms with E-state index in [0.29, 0.717) is 19.1 Å². The summed E-state index contributed by atoms with van der Waals surface area (Å²) in [6, 6.07) is 10.1. The average Bonchev–Trinajstić information content (AvgIpc) is 2.29. The third kappa shape index (κ3) is 4.28. The van der Waals surface area contributed by atoms with E-state index < -0.39 is 0 Å². The monoisotopic (exact) mass is 205 g/mol. The fourth-order valence-electron chi connectivity index (χ4n) is 1.21. The van der Waals surface area contributed by atoms with Gasteiger partial charge < -0.3 is 10.5 Å². The third-order valence-corrected chi connectivity index (χ3v) is 2.47. The Hall–Kier alpha value is -1.12. The van der Waals surface area contributed by atoms with Gasteiger partial charge in [0.15, 0.2) is 0 Å². The number of ether oxygens (including phenoxy) is 1. The Balaban J connectivity index is 2.25. The predicted molar refractivity (Wildman–Crippen MR) is 63.4 cm³/mol. The summed E-state index contributed by atoms with van der Waals surface area (Å²) in [5, 5.41) is 0. The van der Waals surface area contributed by atoms with Crippen LogP contribution in [0.4, 0.5) is 0 Å². The van der Waals surface area contributed by atoms with Crippen molar-refractivity contribution in [2.75, 3.05) is 6.61 Å². The van der Waals surface area contributed by atoms with Crippen molar-refractivity contribution in [3.05, 3.63) is 48.6 Å². The van der Waals surface area contributed by atoms with E-state index in [2.05, 4.69) is 6.58 Å². The predicted octanol–water partition coefficient (Wildman–Crippen LogP) is 2.35. The molecular formula is C13H19NO. The molecule has 0 aromatic heterocycles. The summed E-state index contributed by atoms with van der Waals surface area (Å²) in [6.07, 6.45) is 1.86. The molecule has 0 amide bonds. The van der Waals surface area contributed by atoms with E-state index in [9.17, 15) is 0 Å². The third-order valence-electron chi connectivity index (χ3n) is 2.47. The second-order valence-electron chi connectivity index (χ2n) is 3.76. The molecule has 2 nitrogen and oxygen atoms in total. The van der Waals surface area contributed by atoms with Gasteiger partial charge in [0.1, 0.15) is 0 Å². The highest BCUT2D eigenvalue weighted by Gasteiger charge is 2.08. The lowest BCUT2D eigenvalue weighted by molar-refractivity contribution is 0.100. The Bertz CT molecular complexity index is 284. The Morgan fingerprint density at radius 2 is 2.07 bits per heavy atom. The lowest BCUT2D eigenvalue weighted by Gasteiger charge is -2.16. The van der Waals surface area contributed by atoms with Crippen molar-refractivity contribution in [1.82, 2.24) is 0 Å². The molecule has 0 aliphatic rings. The van der Waals surface area contributed by atoms with Gasteiger partial charge in [0.05, 0.1) is 13.2 Å². The minimum absolute atomic E-state index is 0.0335. The van der Waals surface area contributed by atoms with Crippen molar-refractivity contribution < 1.29 is 4.74 Å². The molecule has 2 heteroatoms. The number of hydrogen-bond donors (Lipinski definition) is 1. The van der Waals surface area contributed by atoms with Crippen LogP contribution in [0, 0.1) is 5.92 Å². The van der Waals surface area contributed by atoms with Crippen molar-refractivity contribution in [2.45, 2.75) is 19.6 Å². The first kappa shape index (κ1) is 12.0. The van der Waals surface area contributed by atoms with Gasteiger partial charge in [0, 0.05) is 6.04 Å². The van der Waals surface area contributed by atoms with Crippen molar-refractivity contribution in [3.63, 3.8) is 0 Å². The summed E-state index contributed by atoms with van der Waals surface area (Å²) < 4.78 is 5.53. The highest BCUT2D eigenvalue weighted by atomic mass is 16.5. The van der Waals surface area contributed by atoms with E-state index in [4.69, 9.17) is 10.5 Å². The minimum Gasteiger partial charge on any atom is -0.375 e. The van der Waals surface area contributed by atoms with Crippen LogP contribution in [0.15, 0.2) is 43.0 Å². The molecule has 0 aliphatic carbocycles. The highest BCUT2D eigenvalue weighted by Crippen LogP contribution is 2.04. The summed E-state index contributed by atoms with van der Waals surface area (Å²) in [6.45, 7) is 6.95. The van der Waals surface area contributed by atoms with Crippen LogP contribution in [-0.4, -0.2) is 12.6 Å². The Morgan fingerprint density at radius 1 is 1.40 bits per heavy atom. The van der Waals surface area contributed by atoms with E-state index in [0.717, 1.165) is 0 Å². The normalized spacial score (nSPS) is 14.5. The molecule has 82 valence electrons. The number of benzene rings is 1. The lowest BCUT2D eigenvalue weighted by atomic mass is 10.0. The van der Waals surface area contributed by atoms with E-state index in [1.54, 1.807) is 0 Å². The molecule has 0 aliphatic heterocycles. The van der Waals surface area contributed by atoms with E-state index in [1.165, 1.54) is 5.56 Å². The van der Waals surface area contributed by atoms with Crippen molar-refractivity contribution in [3.8, 4) is 0 Å². The molecule has 1 rings (SSSR count). The second kappa shape index (κ2) is 6.38. The maximum absolute atomic E-state index is 5.90. The second-order valence-corrected chi connectivity index (χ2v) is 3.76. The Labute approximate surface area is 91.7 Å². The highest BCUT2D eigenvalue weighted by molar-refractivity contribution is 5.13. The Morgan fingerprint density at radius 3 is 2.67 bits per heavy atom. The number of rotatable bonds is 6. The van der Waals surface area contributed by atoms with Crippen LogP contribution >= 0.6 is 0 Å². The quantitative estimate of drug-likeness (QED) is 0.723. The zero-order valence-electron chi connectivity index (χ0n) is 9.23. The lowest BCUT2D eigenvalue weighted by Crippen LogP contribution is -2.32. The van der Waals surface area contributed by atoms with Gasteiger partial charge in [-0.2, -0.15) is 0 Å². The van der Waals surface area contributed by atoms with Crippen LogP contribution in [0.25, 0.3) is 0 Å². The fourth-order valence-corrected chi connectivity index (χ4v) is 1.21. The number of hydrogen-bond acceptors (Lipinski definition) is 2. The van der Waals surface area contributed by atoms with Crippen LogP contribution in [0.3, 0.4) is 0 Å². The van der Waals surface area contributed by atoms with Crippen molar-refractivity contribution >= 4 is 0 Å². The topological polar surface area (TPSA) is 35.2 Å². The Kier molecular flexibility index (Phi) is 5.08. The molecule has 15 heavy (non-hydrogen) atoms. The summed E-state index contributed by atoms with van der Waals surface area (Å²) >= 11 is 0. The largest absolute Gasteiger partial charge is 0.375 e. The molecule has 0 fully saturated rings. The first-order valence-corrected chi connectivity index (χ1v) is 5.24. The van der Waals surface area contributed by atoms with E-state index >= 15 is 0 Å². The first-order chi connectivity index (χ1) is 7.24. The molecule has 0 bridgehead atoms. The maximum Gasteiger partial charge on any atom is 0.0717 e. The minimum atomic E-state index is 0.0335. The molecule has 0 spiro atoms. The molecule has 0 radical (unpaired) electrons. The fraction of sp³-hybridized carbons (Fsp3) is 0.385. The van der Waals surface area contributed by atoms with Gasteiger partial charge in [-0.25, -0.2) is 0 Å². The molecule has 2 atom stereocenters. The SMILES string of the molecule is C=C[C@H](C)[C@H](N)COCc1ccccc1. The van der Waals surface area contributed by atoms with Crippen LogP contribution in [0.5, 0.6) is 0 Å². The zero-order valence-corrected chi connectivity index (χ0v) is 9.23. The van der Waals surface area contributed by atoms with Crippen LogP contribution in [0.2, 0.25) is 0 Å². The van der Waals surface area contributed by atoms with Crippen LogP contribution < -0.4 is 5.73 Å².